The predicted molar refractivity (Wildman–Crippen MR) is 112 cm³/mol. The molecule has 0 aliphatic carbocycles. The standard InChI is InChI=1S/C21H20ClN3O3S/c22-17-5-6-18(19(9-17)29-28)14-3-1-13(2-4-14)16-11-25(12-16)21(27)24-8-7-15(10-24)20(23)26/h1-6,9,15-16H,7-8,10-12H2,(H-,23,26)/p+1/t15-/m0/s1. The van der Waals surface area contributed by atoms with Gasteiger partial charge in [0, 0.05) is 47.4 Å². The summed E-state index contributed by atoms with van der Waals surface area (Å²) >= 11 is 6.41. The van der Waals surface area contributed by atoms with Gasteiger partial charge in [0.05, 0.1) is 11.5 Å². The van der Waals surface area contributed by atoms with Gasteiger partial charge in [0.2, 0.25) is 5.91 Å². The van der Waals surface area contributed by atoms with Crippen molar-refractivity contribution in [3.05, 3.63) is 53.1 Å². The molecule has 0 bridgehead atoms. The van der Waals surface area contributed by atoms with Crippen LogP contribution in [0.1, 0.15) is 17.9 Å². The van der Waals surface area contributed by atoms with E-state index in [0.717, 1.165) is 11.1 Å². The molecule has 0 saturated carbocycles. The number of carbonyl (C=O) groups excluding carboxylic acids is 2. The van der Waals surface area contributed by atoms with Crippen molar-refractivity contribution in [2.24, 2.45) is 11.7 Å². The van der Waals surface area contributed by atoms with Crippen LogP contribution in [0.15, 0.2) is 47.4 Å². The van der Waals surface area contributed by atoms with E-state index in [1.807, 2.05) is 23.1 Å². The zero-order valence-electron chi connectivity index (χ0n) is 15.7. The monoisotopic (exact) mass is 430 g/mol. The summed E-state index contributed by atoms with van der Waals surface area (Å²) in [6, 6.07) is 13.4. The predicted octanol–water partition coefficient (Wildman–Crippen LogP) is 3.12. The first kappa shape index (κ1) is 19.8. The minimum absolute atomic E-state index is 0.0140. The Morgan fingerprint density at radius 1 is 1.03 bits per heavy atom. The third kappa shape index (κ3) is 3.97. The molecule has 0 radical (unpaired) electrons. The molecular formula is C21H21ClN3O3S+. The Morgan fingerprint density at radius 2 is 1.76 bits per heavy atom. The van der Waals surface area contributed by atoms with Gasteiger partial charge in [-0.3, -0.25) is 4.79 Å². The molecule has 1 atom stereocenters. The number of hydrogen-bond acceptors (Lipinski definition) is 3. The maximum absolute atomic E-state index is 12.6. The molecule has 2 aliphatic heterocycles. The molecule has 2 N–H and O–H groups in total. The van der Waals surface area contributed by atoms with E-state index in [1.165, 1.54) is 5.56 Å². The molecule has 0 unspecified atom stereocenters. The molecule has 3 amide bonds. The van der Waals surface area contributed by atoms with E-state index >= 15 is 0 Å². The van der Waals surface area contributed by atoms with Crippen LogP contribution in [0, 0.1) is 5.92 Å². The van der Waals surface area contributed by atoms with E-state index in [-0.39, 0.29) is 17.9 Å². The van der Waals surface area contributed by atoms with Crippen LogP contribution in [-0.2, 0) is 20.7 Å². The van der Waals surface area contributed by atoms with Gasteiger partial charge in [0.1, 0.15) is 0 Å². The van der Waals surface area contributed by atoms with Crippen LogP contribution in [0.2, 0.25) is 5.02 Å². The second-order valence-electron chi connectivity index (χ2n) is 7.56. The van der Waals surface area contributed by atoms with Crippen LogP contribution >= 0.6 is 11.6 Å². The van der Waals surface area contributed by atoms with E-state index < -0.39 is 0 Å². The Bertz CT molecular complexity index is 960. The summed E-state index contributed by atoms with van der Waals surface area (Å²) < 4.78 is 11.4. The number of nitrogens with two attached hydrogens (primary N) is 1. The fraction of sp³-hybridized carbons (Fsp3) is 0.333. The lowest BCUT2D eigenvalue weighted by atomic mass is 9.90. The fourth-order valence-electron chi connectivity index (χ4n) is 3.95. The lowest BCUT2D eigenvalue weighted by molar-refractivity contribution is -0.121. The van der Waals surface area contributed by atoms with Crippen molar-refractivity contribution in [2.45, 2.75) is 17.2 Å². The summed E-state index contributed by atoms with van der Waals surface area (Å²) in [6.45, 7) is 2.34. The summed E-state index contributed by atoms with van der Waals surface area (Å²) in [7, 11) is 0. The minimum atomic E-state index is -0.332. The number of nitrogens with zero attached hydrogens (tertiary/aromatic N) is 2. The average Bonchev–Trinajstić information content (AvgIpc) is 3.18. The number of benzene rings is 2. The maximum Gasteiger partial charge on any atom is 0.505 e. The average molecular weight is 431 g/mol. The fourth-order valence-corrected chi connectivity index (χ4v) is 4.64. The molecule has 2 fully saturated rings. The number of urea groups is 1. The summed E-state index contributed by atoms with van der Waals surface area (Å²) in [5.74, 6) is -0.268. The van der Waals surface area contributed by atoms with Crippen molar-refractivity contribution in [2.75, 3.05) is 26.2 Å². The highest BCUT2D eigenvalue weighted by Crippen LogP contribution is 2.32. The van der Waals surface area contributed by atoms with E-state index in [2.05, 4.69) is 12.1 Å². The van der Waals surface area contributed by atoms with Crippen molar-refractivity contribution in [1.29, 1.82) is 0 Å². The van der Waals surface area contributed by atoms with Crippen LogP contribution in [0.5, 0.6) is 0 Å². The summed E-state index contributed by atoms with van der Waals surface area (Å²) in [6.07, 6.45) is 0.647. The van der Waals surface area contributed by atoms with Crippen molar-refractivity contribution in [3.8, 4) is 11.1 Å². The minimum Gasteiger partial charge on any atom is -0.369 e. The highest BCUT2D eigenvalue weighted by molar-refractivity contribution is 7.65. The lowest BCUT2D eigenvalue weighted by Crippen LogP contribution is -2.53. The summed E-state index contributed by atoms with van der Waals surface area (Å²) in [5, 5.41) is 0.545. The first-order valence-electron chi connectivity index (χ1n) is 9.49. The molecule has 0 aromatic heterocycles. The van der Waals surface area contributed by atoms with Crippen molar-refractivity contribution < 1.29 is 13.8 Å². The second kappa shape index (κ2) is 8.08. The van der Waals surface area contributed by atoms with Gasteiger partial charge in [-0.2, -0.15) is 0 Å². The normalized spacial score (nSPS) is 19.1. The number of hydrogen-bond donors (Lipinski definition) is 1. The molecule has 8 heteroatoms. The van der Waals surface area contributed by atoms with E-state index in [4.69, 9.17) is 17.3 Å². The van der Waals surface area contributed by atoms with Crippen molar-refractivity contribution >= 4 is 35.2 Å². The second-order valence-corrected chi connectivity index (χ2v) is 8.61. The molecular weight excluding hydrogens is 410 g/mol. The quantitative estimate of drug-likeness (QED) is 0.756. The van der Waals surface area contributed by atoms with Crippen LogP contribution in [-0.4, -0.2) is 47.9 Å². The van der Waals surface area contributed by atoms with Crippen LogP contribution in [0.4, 0.5) is 4.79 Å². The van der Waals surface area contributed by atoms with E-state index in [0.29, 0.717) is 60.1 Å². The summed E-state index contributed by atoms with van der Waals surface area (Å²) in [4.78, 5) is 28.0. The summed E-state index contributed by atoms with van der Waals surface area (Å²) in [5.41, 5.74) is 8.34. The highest BCUT2D eigenvalue weighted by atomic mass is 35.5. The van der Waals surface area contributed by atoms with Gasteiger partial charge in [-0.25, -0.2) is 4.79 Å². The van der Waals surface area contributed by atoms with Gasteiger partial charge in [0.25, 0.3) is 4.90 Å². The van der Waals surface area contributed by atoms with E-state index in [1.54, 1.807) is 17.0 Å². The Kier molecular flexibility index (Phi) is 5.52. The zero-order chi connectivity index (χ0) is 20.5. The highest BCUT2D eigenvalue weighted by Gasteiger charge is 2.37. The largest absolute Gasteiger partial charge is 0.505 e. The van der Waals surface area contributed by atoms with Crippen molar-refractivity contribution in [3.63, 3.8) is 0 Å². The Hall–Kier alpha value is -2.51. The Balaban J connectivity index is 1.38. The Morgan fingerprint density at radius 3 is 2.38 bits per heavy atom. The van der Waals surface area contributed by atoms with Gasteiger partial charge in [-0.05, 0) is 29.7 Å². The van der Waals surface area contributed by atoms with Gasteiger partial charge in [-0.15, -0.1) is 0 Å². The molecule has 150 valence electrons. The molecule has 6 nitrogen and oxygen atoms in total. The molecule has 2 saturated heterocycles. The number of halogens is 1. The molecule has 4 rings (SSSR count). The molecule has 2 aromatic carbocycles. The van der Waals surface area contributed by atoms with Gasteiger partial charge in [0.15, 0.2) is 0 Å². The SMILES string of the molecule is NC(=O)[C@H]1CCN(C(=O)N2CC(c3ccc(-c4ccc(Cl)cc4[S+]=O)cc3)C2)C1. The van der Waals surface area contributed by atoms with Gasteiger partial charge < -0.3 is 15.5 Å². The number of likely N-dealkylation sites (tertiary alicyclic amines) is 2. The van der Waals surface area contributed by atoms with Crippen molar-refractivity contribution in [1.82, 2.24) is 9.80 Å². The van der Waals surface area contributed by atoms with Crippen LogP contribution < -0.4 is 5.73 Å². The van der Waals surface area contributed by atoms with Gasteiger partial charge in [-0.1, -0.05) is 35.9 Å². The Labute approximate surface area is 178 Å². The zero-order valence-corrected chi connectivity index (χ0v) is 17.3. The number of primary amides is 1. The molecule has 0 spiro atoms. The van der Waals surface area contributed by atoms with Crippen LogP contribution in [0.25, 0.3) is 11.1 Å². The number of carbonyl (C=O) groups is 2. The number of amides is 3. The third-order valence-corrected chi connectivity index (χ3v) is 6.49. The maximum atomic E-state index is 12.6. The molecule has 2 aliphatic rings. The third-order valence-electron chi connectivity index (χ3n) is 5.74. The smallest absolute Gasteiger partial charge is 0.369 e. The van der Waals surface area contributed by atoms with Crippen LogP contribution in [0.3, 0.4) is 0 Å². The lowest BCUT2D eigenvalue weighted by Gasteiger charge is -2.41. The molecule has 2 heterocycles. The first-order valence-corrected chi connectivity index (χ1v) is 10.6. The number of rotatable bonds is 4. The first-order chi connectivity index (χ1) is 14.0. The van der Waals surface area contributed by atoms with Gasteiger partial charge >= 0.3 is 17.7 Å². The topological polar surface area (TPSA) is 83.7 Å². The molecule has 2 aromatic rings. The van der Waals surface area contributed by atoms with E-state index in [9.17, 15) is 13.8 Å². The molecule has 29 heavy (non-hydrogen) atoms.